The van der Waals surface area contributed by atoms with E-state index in [2.05, 4.69) is 5.32 Å². The molecule has 0 unspecified atom stereocenters. The van der Waals surface area contributed by atoms with Crippen LogP contribution in [0.2, 0.25) is 5.02 Å². The molecule has 29 heavy (non-hydrogen) atoms. The van der Waals surface area contributed by atoms with E-state index in [0.29, 0.717) is 29.7 Å². The van der Waals surface area contributed by atoms with Gasteiger partial charge in [0, 0.05) is 5.69 Å². The quantitative estimate of drug-likeness (QED) is 0.503. The Balaban J connectivity index is 2.29. The van der Waals surface area contributed by atoms with E-state index in [1.54, 1.807) is 24.3 Å². The van der Waals surface area contributed by atoms with E-state index in [0.717, 1.165) is 6.07 Å². The third kappa shape index (κ3) is 5.65. The summed E-state index contributed by atoms with van der Waals surface area (Å²) in [7, 11) is 1.45. The van der Waals surface area contributed by atoms with Gasteiger partial charge in [-0.25, -0.2) is 0 Å². The third-order valence-corrected chi connectivity index (χ3v) is 4.02. The number of carbonyl (C=O) groups is 1. The van der Waals surface area contributed by atoms with E-state index in [9.17, 15) is 23.2 Å². The minimum Gasteiger partial charge on any atom is -0.493 e. The topological polar surface area (TPSA) is 71.3 Å². The summed E-state index contributed by atoms with van der Waals surface area (Å²) in [5.41, 5.74) is -1.06. The first-order valence-corrected chi connectivity index (χ1v) is 8.68. The van der Waals surface area contributed by atoms with Crippen LogP contribution in [0.5, 0.6) is 11.5 Å². The molecule has 0 radical (unpaired) electrons. The number of hydrogen-bond acceptors (Lipinski definition) is 4. The molecule has 0 aliphatic heterocycles. The van der Waals surface area contributed by atoms with Gasteiger partial charge in [0.2, 0.25) is 0 Å². The smallest absolute Gasteiger partial charge is 0.417 e. The van der Waals surface area contributed by atoms with Gasteiger partial charge >= 0.3 is 6.18 Å². The van der Waals surface area contributed by atoms with Crippen molar-refractivity contribution in [2.75, 3.05) is 19.0 Å². The van der Waals surface area contributed by atoms with Crippen molar-refractivity contribution in [2.24, 2.45) is 0 Å². The number of nitrogens with zero attached hydrogens (tertiary/aromatic N) is 1. The number of anilines is 1. The maximum absolute atomic E-state index is 13.0. The normalized spacial score (nSPS) is 11.6. The Hall–Kier alpha value is -3.18. The lowest BCUT2D eigenvalue weighted by Crippen LogP contribution is -2.14. The molecule has 0 saturated heterocycles. The van der Waals surface area contributed by atoms with Crippen molar-refractivity contribution in [3.05, 3.63) is 58.1 Å². The second-order valence-corrected chi connectivity index (χ2v) is 6.07. The third-order valence-electron chi connectivity index (χ3n) is 3.69. The van der Waals surface area contributed by atoms with E-state index in [4.69, 9.17) is 21.1 Å². The molecule has 0 aromatic heterocycles. The predicted octanol–water partition coefficient (Wildman–Crippen LogP) is 5.31. The average molecular weight is 425 g/mol. The molecular formula is C20H16ClF3N2O3. The van der Waals surface area contributed by atoms with Crippen LogP contribution in [-0.4, -0.2) is 19.6 Å². The summed E-state index contributed by atoms with van der Waals surface area (Å²) in [4.78, 5) is 12.3. The highest BCUT2D eigenvalue weighted by Crippen LogP contribution is 2.36. The lowest BCUT2D eigenvalue weighted by atomic mass is 10.1. The summed E-state index contributed by atoms with van der Waals surface area (Å²) in [5, 5.41) is 11.1. The molecule has 1 N–H and O–H groups in total. The van der Waals surface area contributed by atoms with Crippen molar-refractivity contribution in [3.8, 4) is 17.6 Å². The first-order valence-electron chi connectivity index (χ1n) is 8.30. The number of methoxy groups -OCH3 is 1. The summed E-state index contributed by atoms with van der Waals surface area (Å²) >= 11 is 5.56. The van der Waals surface area contributed by atoms with Gasteiger partial charge in [-0.3, -0.25) is 4.79 Å². The molecule has 0 fully saturated rings. The average Bonchev–Trinajstić information content (AvgIpc) is 2.67. The number of nitriles is 1. The van der Waals surface area contributed by atoms with Gasteiger partial charge in [0.1, 0.15) is 11.6 Å². The zero-order chi connectivity index (χ0) is 21.6. The van der Waals surface area contributed by atoms with Gasteiger partial charge in [-0.1, -0.05) is 17.7 Å². The molecule has 2 aromatic carbocycles. The van der Waals surface area contributed by atoms with Crippen molar-refractivity contribution in [1.82, 2.24) is 0 Å². The highest BCUT2D eigenvalue weighted by atomic mass is 35.5. The molecule has 0 heterocycles. The lowest BCUT2D eigenvalue weighted by molar-refractivity contribution is -0.137. The van der Waals surface area contributed by atoms with Crippen molar-refractivity contribution in [3.63, 3.8) is 0 Å². The SMILES string of the molecule is CCOc1ccc(/C=C(\C#N)C(=O)Nc2ccc(Cl)c(C(F)(F)F)c2)cc1OC. The zero-order valence-corrected chi connectivity index (χ0v) is 16.2. The highest BCUT2D eigenvalue weighted by molar-refractivity contribution is 6.31. The minimum absolute atomic E-state index is 0.142. The van der Waals surface area contributed by atoms with E-state index in [1.807, 2.05) is 6.92 Å². The summed E-state index contributed by atoms with van der Waals surface area (Å²) < 4.78 is 49.5. The van der Waals surface area contributed by atoms with Gasteiger partial charge in [0.15, 0.2) is 11.5 Å². The number of nitrogens with one attached hydrogen (secondary N) is 1. The monoisotopic (exact) mass is 424 g/mol. The molecule has 1 amide bonds. The Bertz CT molecular complexity index is 982. The van der Waals surface area contributed by atoms with Gasteiger partial charge in [-0.15, -0.1) is 0 Å². The molecule has 152 valence electrons. The summed E-state index contributed by atoms with van der Waals surface area (Å²) in [6.07, 6.45) is -3.39. The maximum atomic E-state index is 13.0. The Morgan fingerprint density at radius 1 is 1.24 bits per heavy atom. The van der Waals surface area contributed by atoms with Crippen LogP contribution in [0.15, 0.2) is 42.0 Å². The van der Waals surface area contributed by atoms with E-state index in [-0.39, 0.29) is 11.3 Å². The molecular weight excluding hydrogens is 409 g/mol. The molecule has 0 bridgehead atoms. The van der Waals surface area contributed by atoms with Crippen LogP contribution in [0, 0.1) is 11.3 Å². The molecule has 0 aliphatic carbocycles. The van der Waals surface area contributed by atoms with Crippen LogP contribution in [0.3, 0.4) is 0 Å². The summed E-state index contributed by atoms with van der Waals surface area (Å²) in [5.74, 6) is 0.0394. The number of ether oxygens (including phenoxy) is 2. The van der Waals surface area contributed by atoms with Gasteiger partial charge < -0.3 is 14.8 Å². The molecule has 9 heteroatoms. The first kappa shape index (κ1) is 22.1. The Morgan fingerprint density at radius 2 is 1.97 bits per heavy atom. The van der Waals surface area contributed by atoms with Crippen LogP contribution in [-0.2, 0) is 11.0 Å². The fourth-order valence-corrected chi connectivity index (χ4v) is 2.61. The number of rotatable bonds is 6. The highest BCUT2D eigenvalue weighted by Gasteiger charge is 2.33. The molecule has 2 rings (SSSR count). The standard InChI is InChI=1S/C20H16ClF3N2O3/c1-3-29-17-7-4-12(9-18(17)28-2)8-13(11-25)19(27)26-14-5-6-16(21)15(10-14)20(22,23)24/h4-10H,3H2,1-2H3,(H,26,27)/b13-8+. The molecule has 0 spiro atoms. The summed E-state index contributed by atoms with van der Waals surface area (Å²) in [6.45, 7) is 2.24. The number of benzene rings is 2. The largest absolute Gasteiger partial charge is 0.493 e. The number of alkyl halides is 3. The number of hydrogen-bond donors (Lipinski definition) is 1. The maximum Gasteiger partial charge on any atom is 0.417 e. The summed E-state index contributed by atoms with van der Waals surface area (Å²) in [6, 6.07) is 9.47. The molecule has 0 saturated carbocycles. The van der Waals surface area contributed by atoms with Gasteiger partial charge in [0.25, 0.3) is 5.91 Å². The van der Waals surface area contributed by atoms with Gasteiger partial charge in [-0.05, 0) is 48.9 Å². The van der Waals surface area contributed by atoms with Crippen molar-refractivity contribution in [2.45, 2.75) is 13.1 Å². The first-order chi connectivity index (χ1) is 13.7. The molecule has 0 aliphatic rings. The molecule has 0 atom stereocenters. The van der Waals surface area contributed by atoms with Gasteiger partial charge in [-0.2, -0.15) is 18.4 Å². The fourth-order valence-electron chi connectivity index (χ4n) is 2.38. The fraction of sp³-hybridized carbons (Fsp3) is 0.200. The predicted molar refractivity (Wildman–Crippen MR) is 103 cm³/mol. The van der Waals surface area contributed by atoms with E-state index >= 15 is 0 Å². The molecule has 2 aromatic rings. The second kappa shape index (κ2) is 9.34. The Morgan fingerprint density at radius 3 is 2.55 bits per heavy atom. The zero-order valence-electron chi connectivity index (χ0n) is 15.4. The van der Waals surface area contributed by atoms with Crippen LogP contribution in [0.4, 0.5) is 18.9 Å². The Labute approximate surface area is 170 Å². The number of amides is 1. The van der Waals surface area contributed by atoms with Crippen molar-refractivity contribution in [1.29, 1.82) is 5.26 Å². The number of carbonyl (C=O) groups excluding carboxylic acids is 1. The van der Waals surface area contributed by atoms with Crippen LogP contribution in [0.1, 0.15) is 18.1 Å². The minimum atomic E-state index is -4.68. The van der Waals surface area contributed by atoms with E-state index < -0.39 is 22.7 Å². The van der Waals surface area contributed by atoms with Crippen molar-refractivity contribution >= 4 is 29.3 Å². The van der Waals surface area contributed by atoms with E-state index in [1.165, 1.54) is 19.3 Å². The van der Waals surface area contributed by atoms with Gasteiger partial charge in [0.05, 0.1) is 24.3 Å². The van der Waals surface area contributed by atoms with Crippen LogP contribution < -0.4 is 14.8 Å². The van der Waals surface area contributed by atoms with Crippen molar-refractivity contribution < 1.29 is 27.4 Å². The number of halogens is 4. The van der Waals surface area contributed by atoms with Crippen LogP contribution >= 0.6 is 11.6 Å². The Kier molecular flexibility index (Phi) is 7.13. The van der Waals surface area contributed by atoms with Crippen LogP contribution in [0.25, 0.3) is 6.08 Å². The second-order valence-electron chi connectivity index (χ2n) is 5.66. The molecule has 5 nitrogen and oxygen atoms in total. The lowest BCUT2D eigenvalue weighted by Gasteiger charge is -2.12.